The average Bonchev–Trinajstić information content (AvgIpc) is 2.61. The van der Waals surface area contributed by atoms with E-state index in [1.165, 1.54) is 26.2 Å². The van der Waals surface area contributed by atoms with Gasteiger partial charge in [0, 0.05) is 18.3 Å². The summed E-state index contributed by atoms with van der Waals surface area (Å²) < 4.78 is 33.3. The van der Waals surface area contributed by atoms with Crippen LogP contribution < -0.4 is 14.8 Å². The average molecular weight is 376 g/mol. The molecule has 0 aliphatic heterocycles. The van der Waals surface area contributed by atoms with Gasteiger partial charge in [0.2, 0.25) is 5.91 Å². The molecule has 0 aliphatic carbocycles. The fraction of sp³-hybridized carbons (Fsp3) is 0.316. The molecule has 26 heavy (non-hydrogen) atoms. The molecule has 2 N–H and O–H groups in total. The highest BCUT2D eigenvalue weighted by molar-refractivity contribution is 7.92. The zero-order valence-electron chi connectivity index (χ0n) is 15.4. The number of rotatable bonds is 7. The van der Waals surface area contributed by atoms with Gasteiger partial charge in [0.1, 0.15) is 10.6 Å². The van der Waals surface area contributed by atoms with E-state index >= 15 is 0 Å². The first-order valence-electron chi connectivity index (χ1n) is 8.35. The van der Waals surface area contributed by atoms with Crippen LogP contribution in [0.1, 0.15) is 38.7 Å². The van der Waals surface area contributed by atoms with Crippen LogP contribution in [0.5, 0.6) is 5.75 Å². The van der Waals surface area contributed by atoms with Crippen LogP contribution in [0.2, 0.25) is 0 Å². The lowest BCUT2D eigenvalue weighted by Gasteiger charge is -2.14. The van der Waals surface area contributed by atoms with E-state index < -0.39 is 10.0 Å². The molecule has 1 amide bonds. The first-order chi connectivity index (χ1) is 12.3. The Kier molecular flexibility index (Phi) is 6.26. The van der Waals surface area contributed by atoms with E-state index in [-0.39, 0.29) is 16.6 Å². The summed E-state index contributed by atoms with van der Waals surface area (Å²) in [4.78, 5) is 11.2. The minimum absolute atomic E-state index is 0.0442. The highest BCUT2D eigenvalue weighted by Gasteiger charge is 2.21. The van der Waals surface area contributed by atoms with Crippen LogP contribution >= 0.6 is 0 Å². The number of sulfonamides is 1. The number of carbonyl (C=O) groups is 1. The summed E-state index contributed by atoms with van der Waals surface area (Å²) in [7, 11) is -2.48. The lowest BCUT2D eigenvalue weighted by molar-refractivity contribution is -0.114. The van der Waals surface area contributed by atoms with Crippen molar-refractivity contribution in [1.82, 2.24) is 0 Å². The summed E-state index contributed by atoms with van der Waals surface area (Å²) >= 11 is 0. The van der Waals surface area contributed by atoms with Crippen LogP contribution in [0.4, 0.5) is 11.4 Å². The van der Waals surface area contributed by atoms with Crippen molar-refractivity contribution in [3.8, 4) is 5.75 Å². The highest BCUT2D eigenvalue weighted by atomic mass is 32.2. The number of hydrogen-bond donors (Lipinski definition) is 2. The Morgan fingerprint density at radius 3 is 2.27 bits per heavy atom. The quantitative estimate of drug-likeness (QED) is 0.766. The molecule has 0 radical (unpaired) electrons. The van der Waals surface area contributed by atoms with E-state index in [1.807, 2.05) is 12.1 Å². The van der Waals surface area contributed by atoms with E-state index in [0.717, 1.165) is 12.0 Å². The first-order valence-corrected chi connectivity index (χ1v) is 9.83. The molecule has 2 aromatic carbocycles. The van der Waals surface area contributed by atoms with Crippen molar-refractivity contribution < 1.29 is 17.9 Å². The molecule has 2 aromatic rings. The zero-order chi connectivity index (χ0) is 19.3. The number of anilines is 2. The maximum atomic E-state index is 12.8. The van der Waals surface area contributed by atoms with Gasteiger partial charge >= 0.3 is 0 Å². The number of benzene rings is 2. The second-order valence-electron chi connectivity index (χ2n) is 6.08. The molecule has 140 valence electrons. The molecule has 0 unspecified atom stereocenters. The Hall–Kier alpha value is -2.54. The second kappa shape index (κ2) is 8.23. The number of carbonyl (C=O) groups excluding carboxylic acids is 1. The number of hydrogen-bond acceptors (Lipinski definition) is 4. The van der Waals surface area contributed by atoms with Crippen LogP contribution in [-0.2, 0) is 14.8 Å². The highest BCUT2D eigenvalue weighted by Crippen LogP contribution is 2.29. The van der Waals surface area contributed by atoms with Crippen LogP contribution in [0.15, 0.2) is 47.4 Å². The summed E-state index contributed by atoms with van der Waals surface area (Å²) in [5.41, 5.74) is 2.00. The molecule has 6 nitrogen and oxygen atoms in total. The van der Waals surface area contributed by atoms with E-state index in [9.17, 15) is 13.2 Å². The minimum atomic E-state index is -3.88. The summed E-state index contributed by atoms with van der Waals surface area (Å²) in [6.45, 7) is 5.59. The fourth-order valence-corrected chi connectivity index (χ4v) is 3.75. The molecular formula is C19H24N2O4S. The third kappa shape index (κ3) is 4.76. The molecule has 0 fully saturated rings. The van der Waals surface area contributed by atoms with Gasteiger partial charge in [-0.05, 0) is 48.2 Å². The van der Waals surface area contributed by atoms with E-state index in [0.29, 0.717) is 17.3 Å². The van der Waals surface area contributed by atoms with Gasteiger partial charge in [-0.3, -0.25) is 9.52 Å². The SMILES string of the molecule is CC[C@@H](C)c1ccc(NS(=O)(=O)c2cc(NC(C)=O)ccc2OC)cc1. The Labute approximate surface area is 154 Å². The van der Waals surface area contributed by atoms with Gasteiger partial charge in [-0.2, -0.15) is 0 Å². The number of methoxy groups -OCH3 is 1. The smallest absolute Gasteiger partial charge is 0.265 e. The van der Waals surface area contributed by atoms with Crippen molar-refractivity contribution in [2.45, 2.75) is 38.0 Å². The predicted octanol–water partition coefficient (Wildman–Crippen LogP) is 3.97. The maximum absolute atomic E-state index is 12.8. The molecular weight excluding hydrogens is 352 g/mol. The van der Waals surface area contributed by atoms with Crippen molar-refractivity contribution in [3.05, 3.63) is 48.0 Å². The van der Waals surface area contributed by atoms with Gasteiger partial charge in [0.15, 0.2) is 0 Å². The van der Waals surface area contributed by atoms with Crippen molar-refractivity contribution in [1.29, 1.82) is 0 Å². The van der Waals surface area contributed by atoms with Crippen LogP contribution in [-0.4, -0.2) is 21.4 Å². The van der Waals surface area contributed by atoms with E-state index in [1.54, 1.807) is 18.2 Å². The fourth-order valence-electron chi connectivity index (χ4n) is 2.49. The lowest BCUT2D eigenvalue weighted by atomic mass is 9.99. The minimum Gasteiger partial charge on any atom is -0.495 e. The zero-order valence-corrected chi connectivity index (χ0v) is 16.2. The molecule has 0 aliphatic rings. The number of amides is 1. The van der Waals surface area contributed by atoms with Gasteiger partial charge in [-0.1, -0.05) is 26.0 Å². The molecule has 0 heterocycles. The van der Waals surface area contributed by atoms with Gasteiger partial charge in [0.25, 0.3) is 10.0 Å². The maximum Gasteiger partial charge on any atom is 0.265 e. The van der Waals surface area contributed by atoms with Gasteiger partial charge < -0.3 is 10.1 Å². The monoisotopic (exact) mass is 376 g/mol. The summed E-state index contributed by atoms with van der Waals surface area (Å²) in [6.07, 6.45) is 1.01. The second-order valence-corrected chi connectivity index (χ2v) is 7.73. The Morgan fingerprint density at radius 1 is 1.12 bits per heavy atom. The molecule has 2 rings (SSSR count). The normalized spacial score (nSPS) is 12.3. The largest absolute Gasteiger partial charge is 0.495 e. The Bertz CT molecular complexity index is 877. The van der Waals surface area contributed by atoms with Gasteiger partial charge in [-0.25, -0.2) is 8.42 Å². The molecule has 0 bridgehead atoms. The Morgan fingerprint density at radius 2 is 1.73 bits per heavy atom. The van der Waals surface area contributed by atoms with Gasteiger partial charge in [-0.15, -0.1) is 0 Å². The first kappa shape index (κ1) is 19.8. The lowest BCUT2D eigenvalue weighted by Crippen LogP contribution is -2.15. The predicted molar refractivity (Wildman–Crippen MR) is 103 cm³/mol. The van der Waals surface area contributed by atoms with E-state index in [4.69, 9.17) is 4.74 Å². The van der Waals surface area contributed by atoms with Crippen LogP contribution in [0.25, 0.3) is 0 Å². The molecule has 0 aromatic heterocycles. The third-order valence-corrected chi connectivity index (χ3v) is 5.52. The third-order valence-electron chi connectivity index (χ3n) is 4.12. The summed E-state index contributed by atoms with van der Waals surface area (Å²) in [5, 5.41) is 2.57. The summed E-state index contributed by atoms with van der Waals surface area (Å²) in [5.74, 6) is 0.324. The van der Waals surface area contributed by atoms with Crippen molar-refractivity contribution in [2.75, 3.05) is 17.1 Å². The molecule has 1 atom stereocenters. The topological polar surface area (TPSA) is 84.5 Å². The standard InChI is InChI=1S/C19H24N2O4S/c1-5-13(2)15-6-8-16(9-7-15)21-26(23,24)19-12-17(20-14(3)22)10-11-18(19)25-4/h6-13,21H,5H2,1-4H3,(H,20,22)/t13-/m1/s1. The molecule has 7 heteroatoms. The Balaban J connectivity index is 2.33. The number of ether oxygens (including phenoxy) is 1. The van der Waals surface area contributed by atoms with E-state index in [2.05, 4.69) is 23.9 Å². The molecule has 0 spiro atoms. The van der Waals surface area contributed by atoms with Gasteiger partial charge in [0.05, 0.1) is 7.11 Å². The van der Waals surface area contributed by atoms with Crippen LogP contribution in [0.3, 0.4) is 0 Å². The molecule has 0 saturated carbocycles. The van der Waals surface area contributed by atoms with Crippen molar-refractivity contribution in [2.24, 2.45) is 0 Å². The molecule has 0 saturated heterocycles. The van der Waals surface area contributed by atoms with Crippen molar-refractivity contribution in [3.63, 3.8) is 0 Å². The summed E-state index contributed by atoms with van der Waals surface area (Å²) in [6, 6.07) is 11.8. The van der Waals surface area contributed by atoms with Crippen LogP contribution in [0, 0.1) is 0 Å². The van der Waals surface area contributed by atoms with Crippen molar-refractivity contribution >= 4 is 27.3 Å². The number of nitrogens with one attached hydrogen (secondary N) is 2.